The molecule has 0 heterocycles. The summed E-state index contributed by atoms with van der Waals surface area (Å²) in [6.45, 7) is 0. The molecule has 2 aromatic rings. The Balaban J connectivity index is 2.06. The van der Waals surface area contributed by atoms with Crippen molar-refractivity contribution >= 4 is 40.5 Å². The minimum atomic E-state index is -0.538. The van der Waals surface area contributed by atoms with E-state index in [1.807, 2.05) is 0 Å². The molecule has 0 aromatic heterocycles. The van der Waals surface area contributed by atoms with Gasteiger partial charge in [-0.15, -0.1) is 0 Å². The molecule has 0 fully saturated rings. The van der Waals surface area contributed by atoms with Crippen molar-refractivity contribution in [3.05, 3.63) is 68.2 Å². The van der Waals surface area contributed by atoms with Crippen LogP contribution < -0.4 is 10.9 Å². The lowest BCUT2D eigenvalue weighted by Crippen LogP contribution is -2.29. The van der Waals surface area contributed by atoms with E-state index in [0.717, 1.165) is 0 Å². The Morgan fingerprint density at radius 3 is 2.14 bits per heavy atom. The lowest BCUT2D eigenvalue weighted by Gasteiger charge is -2.11. The van der Waals surface area contributed by atoms with Gasteiger partial charge in [0, 0.05) is 17.7 Å². The summed E-state index contributed by atoms with van der Waals surface area (Å²) >= 11 is 11.9. The summed E-state index contributed by atoms with van der Waals surface area (Å²) < 4.78 is 0. The van der Waals surface area contributed by atoms with E-state index < -0.39 is 10.8 Å². The van der Waals surface area contributed by atoms with Crippen molar-refractivity contribution < 1.29 is 9.72 Å². The van der Waals surface area contributed by atoms with Crippen LogP contribution in [-0.2, 0) is 0 Å². The van der Waals surface area contributed by atoms with E-state index in [4.69, 9.17) is 23.2 Å². The zero-order valence-electron chi connectivity index (χ0n) is 10.5. The summed E-state index contributed by atoms with van der Waals surface area (Å²) in [7, 11) is 0. The van der Waals surface area contributed by atoms with Gasteiger partial charge in [0.15, 0.2) is 0 Å². The maximum Gasteiger partial charge on any atom is 0.269 e. The molecule has 0 saturated carbocycles. The molecule has 8 heteroatoms. The Labute approximate surface area is 129 Å². The first kappa shape index (κ1) is 15.1. The average molecular weight is 326 g/mol. The highest BCUT2D eigenvalue weighted by Crippen LogP contribution is 2.29. The maximum atomic E-state index is 11.9. The number of nitrogens with one attached hydrogen (secondary N) is 2. The molecule has 0 spiro atoms. The highest BCUT2D eigenvalue weighted by Gasteiger charge is 2.10. The van der Waals surface area contributed by atoms with E-state index in [1.165, 1.54) is 24.3 Å². The first-order valence-electron chi connectivity index (χ1n) is 5.74. The lowest BCUT2D eigenvalue weighted by atomic mass is 10.2. The topological polar surface area (TPSA) is 84.3 Å². The summed E-state index contributed by atoms with van der Waals surface area (Å²) in [6, 6.07) is 10.1. The first-order valence-corrected chi connectivity index (χ1v) is 6.49. The quantitative estimate of drug-likeness (QED) is 0.663. The molecular formula is C13H9Cl2N3O3. The second-order valence-corrected chi connectivity index (χ2v) is 4.79. The number of hydrazine groups is 1. The highest BCUT2D eigenvalue weighted by atomic mass is 35.5. The van der Waals surface area contributed by atoms with E-state index in [0.29, 0.717) is 15.7 Å². The predicted molar refractivity (Wildman–Crippen MR) is 80.6 cm³/mol. The van der Waals surface area contributed by atoms with Crippen LogP contribution in [0.5, 0.6) is 0 Å². The fraction of sp³-hybridized carbons (Fsp3) is 0. The molecule has 0 bridgehead atoms. The van der Waals surface area contributed by atoms with E-state index >= 15 is 0 Å². The molecule has 0 aliphatic carbocycles. The van der Waals surface area contributed by atoms with Crippen molar-refractivity contribution in [1.82, 2.24) is 5.43 Å². The van der Waals surface area contributed by atoms with Crippen molar-refractivity contribution in [2.45, 2.75) is 0 Å². The van der Waals surface area contributed by atoms with Gasteiger partial charge in [-0.25, -0.2) is 0 Å². The van der Waals surface area contributed by atoms with Crippen LogP contribution in [0.25, 0.3) is 0 Å². The maximum absolute atomic E-state index is 11.9. The smallest absolute Gasteiger partial charge is 0.269 e. The summed E-state index contributed by atoms with van der Waals surface area (Å²) in [6.07, 6.45) is 0. The van der Waals surface area contributed by atoms with Crippen LogP contribution in [0.2, 0.25) is 10.0 Å². The molecular weight excluding hydrogens is 317 g/mol. The van der Waals surface area contributed by atoms with Crippen LogP contribution in [0.15, 0.2) is 42.5 Å². The Morgan fingerprint density at radius 1 is 1.05 bits per heavy atom. The molecule has 0 aliphatic rings. The van der Waals surface area contributed by atoms with E-state index in [-0.39, 0.29) is 11.3 Å². The number of amides is 1. The number of hydrogen-bond acceptors (Lipinski definition) is 4. The van der Waals surface area contributed by atoms with Crippen molar-refractivity contribution in [2.75, 3.05) is 5.43 Å². The number of carbonyl (C=O) groups is 1. The first-order chi connectivity index (χ1) is 9.99. The molecule has 1 amide bonds. The predicted octanol–water partition coefficient (Wildman–Crippen LogP) is 3.66. The van der Waals surface area contributed by atoms with Crippen LogP contribution in [0.1, 0.15) is 10.4 Å². The number of hydrogen-bond donors (Lipinski definition) is 2. The Bertz CT molecular complexity index is 669. The van der Waals surface area contributed by atoms with Crippen molar-refractivity contribution in [2.24, 2.45) is 0 Å². The van der Waals surface area contributed by atoms with E-state index in [2.05, 4.69) is 10.9 Å². The number of halogens is 2. The third-order valence-corrected chi connectivity index (χ3v) is 3.23. The van der Waals surface area contributed by atoms with Crippen LogP contribution >= 0.6 is 23.2 Å². The molecule has 108 valence electrons. The third-order valence-electron chi connectivity index (χ3n) is 2.60. The number of rotatable bonds is 4. The van der Waals surface area contributed by atoms with Gasteiger partial charge in [-0.05, 0) is 24.3 Å². The average Bonchev–Trinajstić information content (AvgIpc) is 2.46. The van der Waals surface area contributed by atoms with Crippen LogP contribution in [0.3, 0.4) is 0 Å². The van der Waals surface area contributed by atoms with Crippen LogP contribution in [-0.4, -0.2) is 10.8 Å². The van der Waals surface area contributed by atoms with Crippen molar-refractivity contribution in [1.29, 1.82) is 0 Å². The fourth-order valence-electron chi connectivity index (χ4n) is 1.54. The summed E-state index contributed by atoms with van der Waals surface area (Å²) in [5, 5.41) is 11.2. The van der Waals surface area contributed by atoms with Gasteiger partial charge in [0.05, 0.1) is 20.7 Å². The van der Waals surface area contributed by atoms with Crippen LogP contribution in [0, 0.1) is 10.1 Å². The summed E-state index contributed by atoms with van der Waals surface area (Å²) in [5.41, 5.74) is 5.58. The highest BCUT2D eigenvalue weighted by molar-refractivity contribution is 6.39. The van der Waals surface area contributed by atoms with Gasteiger partial charge in [-0.2, -0.15) is 0 Å². The van der Waals surface area contributed by atoms with Crippen molar-refractivity contribution in [3.63, 3.8) is 0 Å². The monoisotopic (exact) mass is 325 g/mol. The van der Waals surface area contributed by atoms with E-state index in [1.54, 1.807) is 18.2 Å². The number of nitrogens with zero attached hydrogens (tertiary/aromatic N) is 1. The molecule has 0 aliphatic heterocycles. The molecule has 21 heavy (non-hydrogen) atoms. The lowest BCUT2D eigenvalue weighted by molar-refractivity contribution is -0.384. The fourth-order valence-corrected chi connectivity index (χ4v) is 2.04. The number of carbonyl (C=O) groups excluding carboxylic acids is 1. The second-order valence-electron chi connectivity index (χ2n) is 3.98. The minimum Gasteiger partial charge on any atom is -0.295 e. The molecule has 2 N–H and O–H groups in total. The molecule has 6 nitrogen and oxygen atoms in total. The van der Waals surface area contributed by atoms with Gasteiger partial charge in [0.1, 0.15) is 0 Å². The van der Waals surface area contributed by atoms with Crippen molar-refractivity contribution in [3.8, 4) is 0 Å². The molecule has 2 aromatic carbocycles. The molecule has 0 unspecified atom stereocenters. The molecule has 0 radical (unpaired) electrons. The Kier molecular flexibility index (Phi) is 4.62. The number of nitro benzene ring substituents is 1. The van der Waals surface area contributed by atoms with Gasteiger partial charge in [0.2, 0.25) is 0 Å². The van der Waals surface area contributed by atoms with Gasteiger partial charge >= 0.3 is 0 Å². The largest absolute Gasteiger partial charge is 0.295 e. The Morgan fingerprint density at radius 2 is 1.62 bits per heavy atom. The number of para-hydroxylation sites is 1. The van der Waals surface area contributed by atoms with Gasteiger partial charge in [-0.3, -0.25) is 25.8 Å². The van der Waals surface area contributed by atoms with Crippen LogP contribution in [0.4, 0.5) is 11.4 Å². The normalized spacial score (nSPS) is 10.0. The SMILES string of the molecule is O=C(NNc1c(Cl)cccc1Cl)c1ccc([N+](=O)[O-])cc1. The standard InChI is InChI=1S/C13H9Cl2N3O3/c14-10-2-1-3-11(15)12(10)16-17-13(19)8-4-6-9(7-5-8)18(20)21/h1-7,16H,(H,17,19). The molecule has 2 rings (SSSR count). The zero-order chi connectivity index (χ0) is 15.4. The zero-order valence-corrected chi connectivity index (χ0v) is 12.0. The minimum absolute atomic E-state index is 0.0892. The number of anilines is 1. The van der Waals surface area contributed by atoms with Gasteiger partial charge < -0.3 is 0 Å². The van der Waals surface area contributed by atoms with Gasteiger partial charge in [0.25, 0.3) is 11.6 Å². The summed E-state index contributed by atoms with van der Waals surface area (Å²) in [4.78, 5) is 21.9. The second kappa shape index (κ2) is 6.43. The Hall–Kier alpha value is -2.31. The molecule has 0 saturated heterocycles. The number of benzene rings is 2. The molecule has 0 atom stereocenters. The number of nitro groups is 1. The number of non-ortho nitro benzene ring substituents is 1. The van der Waals surface area contributed by atoms with E-state index in [9.17, 15) is 14.9 Å². The summed E-state index contributed by atoms with van der Waals surface area (Å²) in [5.74, 6) is -0.471. The third kappa shape index (κ3) is 3.62. The van der Waals surface area contributed by atoms with Gasteiger partial charge in [-0.1, -0.05) is 29.3 Å².